The van der Waals surface area contributed by atoms with Gasteiger partial charge in [0.1, 0.15) is 11.4 Å². The van der Waals surface area contributed by atoms with Crippen molar-refractivity contribution in [3.63, 3.8) is 0 Å². The van der Waals surface area contributed by atoms with Crippen molar-refractivity contribution < 1.29 is 14.2 Å². The fraction of sp³-hybridized carbons (Fsp3) is 0.353. The molecule has 0 unspecified atom stereocenters. The van der Waals surface area contributed by atoms with Crippen LogP contribution in [-0.2, 0) is 15.1 Å². The molecule has 0 atom stereocenters. The van der Waals surface area contributed by atoms with Crippen LogP contribution in [-0.4, -0.2) is 18.2 Å². The first kappa shape index (κ1) is 14.0. The van der Waals surface area contributed by atoms with Crippen molar-refractivity contribution in [1.82, 2.24) is 4.98 Å². The fourth-order valence-electron chi connectivity index (χ4n) is 2.31. The van der Waals surface area contributed by atoms with Crippen molar-refractivity contribution in [1.29, 1.82) is 0 Å². The highest BCUT2D eigenvalue weighted by molar-refractivity contribution is 5.29. The van der Waals surface area contributed by atoms with Crippen molar-refractivity contribution in [3.05, 3.63) is 59.9 Å². The van der Waals surface area contributed by atoms with Gasteiger partial charge in [-0.25, -0.2) is 0 Å². The second-order valence-electron chi connectivity index (χ2n) is 5.47. The summed E-state index contributed by atoms with van der Waals surface area (Å²) in [6, 6.07) is 13.6. The van der Waals surface area contributed by atoms with Gasteiger partial charge in [-0.2, -0.15) is 0 Å². The molecule has 2 aromatic rings. The van der Waals surface area contributed by atoms with Crippen molar-refractivity contribution >= 4 is 0 Å². The Kier molecular flexibility index (Phi) is 3.90. The minimum absolute atomic E-state index is 0.247. The molecule has 4 heteroatoms. The van der Waals surface area contributed by atoms with Crippen LogP contribution in [0.1, 0.15) is 31.4 Å². The second-order valence-corrected chi connectivity index (χ2v) is 5.47. The minimum Gasteiger partial charge on any atom is -0.482 e. The standard InChI is InChI=1S/C17H19NO3/c1-17(2,15-5-3-4-10-18-15)21-14-8-6-13(7-9-14)16-19-11-12-20-16/h3-10,16H,11-12H2,1-2H3. The molecule has 0 amide bonds. The predicted molar refractivity (Wildman–Crippen MR) is 79.0 cm³/mol. The second kappa shape index (κ2) is 5.84. The topological polar surface area (TPSA) is 40.6 Å². The highest BCUT2D eigenvalue weighted by Crippen LogP contribution is 2.29. The third-order valence-electron chi connectivity index (χ3n) is 3.43. The third kappa shape index (κ3) is 3.23. The van der Waals surface area contributed by atoms with Gasteiger partial charge in [-0.15, -0.1) is 0 Å². The van der Waals surface area contributed by atoms with Crippen LogP contribution in [0.25, 0.3) is 0 Å². The zero-order chi connectivity index (χ0) is 14.7. The maximum Gasteiger partial charge on any atom is 0.184 e. The molecule has 110 valence electrons. The lowest BCUT2D eigenvalue weighted by Crippen LogP contribution is -2.26. The normalized spacial score (nSPS) is 16.1. The molecule has 4 nitrogen and oxygen atoms in total. The molecule has 1 aliphatic heterocycles. The van der Waals surface area contributed by atoms with Gasteiger partial charge in [0.05, 0.1) is 18.9 Å². The molecular weight excluding hydrogens is 266 g/mol. The van der Waals surface area contributed by atoms with Gasteiger partial charge in [0.25, 0.3) is 0 Å². The van der Waals surface area contributed by atoms with Gasteiger partial charge in [0.2, 0.25) is 0 Å². The Labute approximate surface area is 124 Å². The summed E-state index contributed by atoms with van der Waals surface area (Å²) in [5.41, 5.74) is 1.43. The van der Waals surface area contributed by atoms with Crippen LogP contribution < -0.4 is 4.74 Å². The Balaban J connectivity index is 1.72. The predicted octanol–water partition coefficient (Wildman–Crippen LogP) is 3.44. The molecule has 0 N–H and O–H groups in total. The van der Waals surface area contributed by atoms with E-state index in [4.69, 9.17) is 14.2 Å². The number of ether oxygens (including phenoxy) is 3. The van der Waals surface area contributed by atoms with E-state index in [0.29, 0.717) is 13.2 Å². The molecule has 1 aromatic heterocycles. The number of benzene rings is 1. The number of hydrogen-bond acceptors (Lipinski definition) is 4. The van der Waals surface area contributed by atoms with Gasteiger partial charge in [0.15, 0.2) is 6.29 Å². The first-order valence-electron chi connectivity index (χ1n) is 7.09. The average Bonchev–Trinajstić information content (AvgIpc) is 3.03. The zero-order valence-electron chi connectivity index (χ0n) is 12.3. The summed E-state index contributed by atoms with van der Waals surface area (Å²) in [5.74, 6) is 0.799. The number of nitrogens with zero attached hydrogens (tertiary/aromatic N) is 1. The van der Waals surface area contributed by atoms with E-state index in [1.807, 2.05) is 56.3 Å². The molecule has 0 bridgehead atoms. The zero-order valence-corrected chi connectivity index (χ0v) is 12.3. The lowest BCUT2D eigenvalue weighted by atomic mass is 10.0. The van der Waals surface area contributed by atoms with Gasteiger partial charge in [0, 0.05) is 11.8 Å². The number of aromatic nitrogens is 1. The summed E-state index contributed by atoms with van der Waals surface area (Å²) < 4.78 is 17.0. The molecule has 0 spiro atoms. The summed E-state index contributed by atoms with van der Waals surface area (Å²) in [6.07, 6.45) is 1.53. The Hall–Kier alpha value is -1.91. The highest BCUT2D eigenvalue weighted by atomic mass is 16.7. The van der Waals surface area contributed by atoms with E-state index in [9.17, 15) is 0 Å². The summed E-state index contributed by atoms with van der Waals surface area (Å²) in [4.78, 5) is 4.36. The largest absolute Gasteiger partial charge is 0.482 e. The van der Waals surface area contributed by atoms with Gasteiger partial charge >= 0.3 is 0 Å². The van der Waals surface area contributed by atoms with Crippen molar-refractivity contribution in [2.75, 3.05) is 13.2 Å². The molecule has 2 heterocycles. The van der Waals surface area contributed by atoms with E-state index < -0.39 is 5.60 Å². The smallest absolute Gasteiger partial charge is 0.184 e. The SMILES string of the molecule is CC(C)(Oc1ccc(C2OCCO2)cc1)c1ccccn1. The maximum absolute atomic E-state index is 6.06. The van der Waals surface area contributed by atoms with E-state index in [2.05, 4.69) is 4.98 Å². The van der Waals surface area contributed by atoms with E-state index in [0.717, 1.165) is 17.0 Å². The first-order chi connectivity index (χ1) is 10.1. The molecule has 1 saturated heterocycles. The maximum atomic E-state index is 6.06. The van der Waals surface area contributed by atoms with Gasteiger partial charge in [-0.05, 0) is 38.1 Å². The fourth-order valence-corrected chi connectivity index (χ4v) is 2.31. The van der Waals surface area contributed by atoms with E-state index >= 15 is 0 Å². The summed E-state index contributed by atoms with van der Waals surface area (Å²) >= 11 is 0. The van der Waals surface area contributed by atoms with Crippen LogP contribution in [0.15, 0.2) is 48.7 Å². The van der Waals surface area contributed by atoms with Gasteiger partial charge in [-0.3, -0.25) is 4.98 Å². The molecule has 3 rings (SSSR count). The number of pyridine rings is 1. The Morgan fingerprint density at radius 3 is 2.38 bits per heavy atom. The Morgan fingerprint density at radius 1 is 1.05 bits per heavy atom. The van der Waals surface area contributed by atoms with Crippen molar-refractivity contribution in [2.24, 2.45) is 0 Å². The quantitative estimate of drug-likeness (QED) is 0.862. The molecule has 21 heavy (non-hydrogen) atoms. The molecule has 0 saturated carbocycles. The average molecular weight is 285 g/mol. The van der Waals surface area contributed by atoms with E-state index in [1.54, 1.807) is 6.20 Å². The molecule has 0 radical (unpaired) electrons. The van der Waals surface area contributed by atoms with Crippen LogP contribution in [0.5, 0.6) is 5.75 Å². The lowest BCUT2D eigenvalue weighted by molar-refractivity contribution is -0.0441. The third-order valence-corrected chi connectivity index (χ3v) is 3.43. The van der Waals surface area contributed by atoms with Crippen LogP contribution >= 0.6 is 0 Å². The Bertz CT molecular complexity index is 575. The molecule has 0 aliphatic carbocycles. The molecule has 1 fully saturated rings. The lowest BCUT2D eigenvalue weighted by Gasteiger charge is -2.26. The Morgan fingerprint density at radius 2 is 1.76 bits per heavy atom. The van der Waals surface area contributed by atoms with Gasteiger partial charge < -0.3 is 14.2 Å². The van der Waals surface area contributed by atoms with Crippen LogP contribution in [0.3, 0.4) is 0 Å². The first-order valence-corrected chi connectivity index (χ1v) is 7.09. The number of hydrogen-bond donors (Lipinski definition) is 0. The minimum atomic E-state index is -0.483. The monoisotopic (exact) mass is 285 g/mol. The van der Waals surface area contributed by atoms with Crippen molar-refractivity contribution in [3.8, 4) is 5.75 Å². The molecule has 1 aliphatic rings. The van der Waals surface area contributed by atoms with E-state index in [1.165, 1.54) is 0 Å². The van der Waals surface area contributed by atoms with Crippen molar-refractivity contribution in [2.45, 2.75) is 25.7 Å². The van der Waals surface area contributed by atoms with Gasteiger partial charge in [-0.1, -0.05) is 18.2 Å². The highest BCUT2D eigenvalue weighted by Gasteiger charge is 2.24. The molecular formula is C17H19NO3. The summed E-state index contributed by atoms with van der Waals surface area (Å²) in [7, 11) is 0. The van der Waals surface area contributed by atoms with E-state index in [-0.39, 0.29) is 6.29 Å². The molecule has 1 aromatic carbocycles. The summed E-state index contributed by atoms with van der Waals surface area (Å²) in [5, 5.41) is 0. The summed E-state index contributed by atoms with van der Waals surface area (Å²) in [6.45, 7) is 5.31. The van der Waals surface area contributed by atoms with Crippen LogP contribution in [0.4, 0.5) is 0 Å². The van der Waals surface area contributed by atoms with Crippen LogP contribution in [0.2, 0.25) is 0 Å². The van der Waals surface area contributed by atoms with Crippen LogP contribution in [0, 0.1) is 0 Å². The number of rotatable bonds is 4.